The maximum Gasteiger partial charge on any atom is 0.162 e. The van der Waals surface area contributed by atoms with Crippen molar-refractivity contribution in [2.75, 3.05) is 21.3 Å². The molecule has 0 heterocycles. The molecule has 31 heavy (non-hydrogen) atoms. The summed E-state index contributed by atoms with van der Waals surface area (Å²) in [5.41, 5.74) is 2.55. The van der Waals surface area contributed by atoms with Gasteiger partial charge in [0.2, 0.25) is 0 Å². The molecule has 164 valence electrons. The number of ketones is 1. The smallest absolute Gasteiger partial charge is 0.162 e. The molecule has 5 nitrogen and oxygen atoms in total. The summed E-state index contributed by atoms with van der Waals surface area (Å²) in [6, 6.07) is 11.5. The van der Waals surface area contributed by atoms with Gasteiger partial charge in [-0.3, -0.25) is 4.79 Å². The summed E-state index contributed by atoms with van der Waals surface area (Å²) in [4.78, 5) is 12.1. The number of carbonyl (C=O) groups is 1. The average molecular weight is 423 g/mol. The predicted octanol–water partition coefficient (Wildman–Crippen LogP) is 5.30. The van der Waals surface area contributed by atoms with Gasteiger partial charge in [-0.15, -0.1) is 0 Å². The fourth-order valence-electron chi connectivity index (χ4n) is 4.97. The zero-order valence-corrected chi connectivity index (χ0v) is 18.6. The van der Waals surface area contributed by atoms with Gasteiger partial charge in [0.25, 0.3) is 0 Å². The Kier molecular flexibility index (Phi) is 6.21. The van der Waals surface area contributed by atoms with Gasteiger partial charge in [-0.05, 0) is 91.5 Å². The lowest BCUT2D eigenvalue weighted by Crippen LogP contribution is -2.23. The first-order valence-corrected chi connectivity index (χ1v) is 10.8. The van der Waals surface area contributed by atoms with Gasteiger partial charge in [0, 0.05) is 0 Å². The predicted molar refractivity (Wildman–Crippen MR) is 120 cm³/mol. The molecule has 3 unspecified atom stereocenters. The Morgan fingerprint density at radius 3 is 1.97 bits per heavy atom. The first-order chi connectivity index (χ1) is 15.0. The van der Waals surface area contributed by atoms with Crippen LogP contribution in [-0.2, 0) is 4.79 Å². The molecule has 0 saturated heterocycles. The number of hydrogen-bond donors (Lipinski definition) is 0. The van der Waals surface area contributed by atoms with Gasteiger partial charge in [0.1, 0.15) is 6.10 Å². The molecule has 2 bridgehead atoms. The molecule has 2 aliphatic rings. The van der Waals surface area contributed by atoms with Crippen LogP contribution in [0.2, 0.25) is 0 Å². The quantitative estimate of drug-likeness (QED) is 0.540. The molecule has 2 aliphatic carbocycles. The largest absolute Gasteiger partial charge is 0.493 e. The second-order valence-electron chi connectivity index (χ2n) is 8.44. The van der Waals surface area contributed by atoms with Gasteiger partial charge in [-0.25, -0.2) is 0 Å². The minimum atomic E-state index is -0.0313. The van der Waals surface area contributed by atoms with Crippen LogP contribution in [0.25, 0.3) is 5.57 Å². The molecule has 0 aliphatic heterocycles. The first kappa shape index (κ1) is 21.3. The van der Waals surface area contributed by atoms with Gasteiger partial charge in [-0.1, -0.05) is 12.1 Å². The Morgan fingerprint density at radius 2 is 1.45 bits per heavy atom. The molecule has 0 spiro atoms. The Morgan fingerprint density at radius 1 is 0.839 bits per heavy atom. The summed E-state index contributed by atoms with van der Waals surface area (Å²) >= 11 is 0. The highest BCUT2D eigenvalue weighted by Gasteiger charge is 2.41. The topological polar surface area (TPSA) is 54.0 Å². The van der Waals surface area contributed by atoms with E-state index >= 15 is 0 Å². The van der Waals surface area contributed by atoms with E-state index in [9.17, 15) is 4.79 Å². The van der Waals surface area contributed by atoms with Gasteiger partial charge in [0.15, 0.2) is 28.8 Å². The van der Waals surface area contributed by atoms with Gasteiger partial charge in [-0.2, -0.15) is 0 Å². The van der Waals surface area contributed by atoms with E-state index in [1.54, 1.807) is 34.3 Å². The summed E-state index contributed by atoms with van der Waals surface area (Å²) in [6.45, 7) is 1.55. The molecule has 2 saturated carbocycles. The van der Waals surface area contributed by atoms with E-state index in [1.165, 1.54) is 19.3 Å². The molecule has 2 aromatic rings. The van der Waals surface area contributed by atoms with E-state index in [0.717, 1.165) is 34.8 Å². The summed E-state index contributed by atoms with van der Waals surface area (Å²) < 4.78 is 22.9. The van der Waals surface area contributed by atoms with Crippen molar-refractivity contribution in [3.05, 3.63) is 53.6 Å². The number of rotatable bonds is 8. The highest BCUT2D eigenvalue weighted by atomic mass is 16.5. The zero-order valence-electron chi connectivity index (χ0n) is 18.6. The van der Waals surface area contributed by atoms with Gasteiger partial charge < -0.3 is 18.9 Å². The summed E-state index contributed by atoms with van der Waals surface area (Å²) in [6.07, 6.45) is 6.84. The molecule has 5 heteroatoms. The van der Waals surface area contributed by atoms with Crippen LogP contribution in [0.4, 0.5) is 0 Å². The number of ether oxygens (including phenoxy) is 4. The molecule has 0 aromatic heterocycles. The van der Waals surface area contributed by atoms with Crippen molar-refractivity contribution in [3.8, 4) is 23.0 Å². The highest BCUT2D eigenvalue weighted by Crippen LogP contribution is 2.47. The first-order valence-electron chi connectivity index (χ1n) is 10.8. The van der Waals surface area contributed by atoms with Crippen molar-refractivity contribution < 1.29 is 23.7 Å². The monoisotopic (exact) mass is 422 g/mol. The number of methoxy groups -OCH3 is 3. The number of hydrogen-bond acceptors (Lipinski definition) is 5. The Labute approximate surface area is 184 Å². The van der Waals surface area contributed by atoms with E-state index in [-0.39, 0.29) is 11.9 Å². The lowest BCUT2D eigenvalue weighted by molar-refractivity contribution is -0.112. The molecular formula is C26H30O5. The Balaban J connectivity index is 1.71. The fraction of sp³-hybridized carbons (Fsp3) is 0.423. The molecule has 4 rings (SSSR count). The van der Waals surface area contributed by atoms with Crippen molar-refractivity contribution in [3.63, 3.8) is 0 Å². The van der Waals surface area contributed by atoms with E-state index in [2.05, 4.69) is 0 Å². The van der Waals surface area contributed by atoms with Crippen LogP contribution in [-0.4, -0.2) is 33.2 Å². The Hall–Kier alpha value is -2.95. The lowest BCUT2D eigenvalue weighted by atomic mass is 9.95. The van der Waals surface area contributed by atoms with E-state index in [1.807, 2.05) is 36.4 Å². The number of allylic oxidation sites excluding steroid dienone is 1. The van der Waals surface area contributed by atoms with Crippen LogP contribution in [0.15, 0.2) is 42.5 Å². The second-order valence-corrected chi connectivity index (χ2v) is 8.44. The van der Waals surface area contributed by atoms with Crippen molar-refractivity contribution in [2.24, 2.45) is 11.8 Å². The molecule has 0 amide bonds. The maximum absolute atomic E-state index is 12.1. The van der Waals surface area contributed by atoms with Crippen molar-refractivity contribution >= 4 is 11.4 Å². The third-order valence-corrected chi connectivity index (χ3v) is 6.47. The van der Waals surface area contributed by atoms with Crippen molar-refractivity contribution in [1.82, 2.24) is 0 Å². The SMILES string of the molecule is COc1ccc(C(=CC(C)=O)c2ccc(OC)c(OC3CC4CCC3C4)c2)cc1OC. The third-order valence-electron chi connectivity index (χ3n) is 6.47. The van der Waals surface area contributed by atoms with Crippen molar-refractivity contribution in [2.45, 2.75) is 38.7 Å². The fourth-order valence-corrected chi connectivity index (χ4v) is 4.97. The average Bonchev–Trinajstić information content (AvgIpc) is 3.40. The summed E-state index contributed by atoms with van der Waals surface area (Å²) in [7, 11) is 4.86. The van der Waals surface area contributed by atoms with Crippen LogP contribution in [0.3, 0.4) is 0 Å². The molecule has 3 atom stereocenters. The number of benzene rings is 2. The second kappa shape index (κ2) is 9.04. The maximum atomic E-state index is 12.1. The van der Waals surface area contributed by atoms with E-state index < -0.39 is 0 Å². The van der Waals surface area contributed by atoms with Crippen LogP contribution in [0.5, 0.6) is 23.0 Å². The number of carbonyl (C=O) groups excluding carboxylic acids is 1. The van der Waals surface area contributed by atoms with E-state index in [0.29, 0.717) is 23.2 Å². The van der Waals surface area contributed by atoms with Crippen LogP contribution in [0.1, 0.15) is 43.7 Å². The minimum absolute atomic E-state index is 0.0313. The molecule has 2 aromatic carbocycles. The lowest BCUT2D eigenvalue weighted by Gasteiger charge is -2.24. The van der Waals surface area contributed by atoms with Crippen molar-refractivity contribution in [1.29, 1.82) is 0 Å². The number of fused-ring (bicyclic) bond motifs is 2. The Bertz CT molecular complexity index is 993. The highest BCUT2D eigenvalue weighted by molar-refractivity contribution is 5.99. The van der Waals surface area contributed by atoms with Crippen LogP contribution < -0.4 is 18.9 Å². The molecule has 2 fully saturated rings. The molecule has 0 radical (unpaired) electrons. The van der Waals surface area contributed by atoms with Crippen LogP contribution in [0, 0.1) is 11.8 Å². The molecular weight excluding hydrogens is 392 g/mol. The van der Waals surface area contributed by atoms with Crippen LogP contribution >= 0.6 is 0 Å². The van der Waals surface area contributed by atoms with Gasteiger partial charge in [0.05, 0.1) is 21.3 Å². The molecule has 0 N–H and O–H groups in total. The third kappa shape index (κ3) is 4.41. The van der Waals surface area contributed by atoms with Gasteiger partial charge >= 0.3 is 0 Å². The summed E-state index contributed by atoms with van der Waals surface area (Å²) in [5.74, 6) is 4.09. The normalized spacial score (nSPS) is 22.3. The summed E-state index contributed by atoms with van der Waals surface area (Å²) in [5, 5.41) is 0. The van der Waals surface area contributed by atoms with E-state index in [4.69, 9.17) is 18.9 Å². The zero-order chi connectivity index (χ0) is 22.0. The standard InChI is InChI=1S/C26H30O5/c1-16(27)11-21(18-7-9-22(28-2)25(14-18)30-4)19-8-10-23(29-3)26(15-19)31-24-13-17-5-6-20(24)12-17/h7-11,14-15,17,20,24H,5-6,12-13H2,1-4H3. The minimum Gasteiger partial charge on any atom is -0.493 e.